The normalized spacial score (nSPS) is 12.0. The minimum atomic E-state index is -3.78. The molecule has 0 aliphatic carbocycles. The van der Waals surface area contributed by atoms with Gasteiger partial charge >= 0.3 is 5.97 Å². The third kappa shape index (κ3) is 6.03. The van der Waals surface area contributed by atoms with Crippen molar-refractivity contribution in [3.63, 3.8) is 0 Å². The second-order valence-corrected chi connectivity index (χ2v) is 8.42. The summed E-state index contributed by atoms with van der Waals surface area (Å²) in [6, 6.07) is 15.8. The maximum atomic E-state index is 13.4. The predicted molar refractivity (Wildman–Crippen MR) is 119 cm³/mol. The van der Waals surface area contributed by atoms with Gasteiger partial charge in [-0.2, -0.15) is 0 Å². The number of phenols is 1. The molecule has 0 fully saturated rings. The molecule has 0 aliphatic rings. The molecule has 0 saturated carbocycles. The van der Waals surface area contributed by atoms with Crippen LogP contribution in [0.2, 0.25) is 0 Å². The van der Waals surface area contributed by atoms with E-state index in [1.54, 1.807) is 37.3 Å². The summed E-state index contributed by atoms with van der Waals surface area (Å²) < 4.78 is 22.3. The summed E-state index contributed by atoms with van der Waals surface area (Å²) in [5, 5.41) is 9.53. The van der Waals surface area contributed by atoms with Gasteiger partial charge in [-0.3, -0.25) is 14.6 Å². The minimum Gasteiger partial charge on any atom is -0.508 e. The first-order valence-corrected chi connectivity index (χ1v) is 11.2. The highest BCUT2D eigenvalue weighted by molar-refractivity contribution is 7.89. The molecule has 0 radical (unpaired) electrons. The molecule has 0 spiro atoms. The van der Waals surface area contributed by atoms with Crippen molar-refractivity contribution in [1.29, 1.82) is 0 Å². The number of aromatic nitrogens is 1. The molecule has 3 rings (SSSR count). The van der Waals surface area contributed by atoms with Crippen molar-refractivity contribution in [2.24, 2.45) is 4.36 Å². The largest absolute Gasteiger partial charge is 0.508 e. The zero-order valence-corrected chi connectivity index (χ0v) is 18.0. The molecule has 32 heavy (non-hydrogen) atoms. The topological polar surface area (TPSA) is 106 Å². The molecule has 1 atom stereocenters. The molecular formula is C24H20N2O5S. The van der Waals surface area contributed by atoms with Gasteiger partial charge in [0.15, 0.2) is 0 Å². The summed E-state index contributed by atoms with van der Waals surface area (Å²) >= 11 is 0. The maximum absolute atomic E-state index is 13.4. The average Bonchev–Trinajstić information content (AvgIpc) is 2.78. The van der Waals surface area contributed by atoms with Crippen molar-refractivity contribution in [2.45, 2.75) is 24.7 Å². The van der Waals surface area contributed by atoms with E-state index in [4.69, 9.17) is 4.18 Å². The summed E-state index contributed by atoms with van der Waals surface area (Å²) in [5.41, 5.74) is 1.05. The SMILES string of the molecule is CCCC(=O)O[S@](=O)(=NC(=O)c1cncc(C#Cc2cccc(O)c2)c1)c1ccccc1. The van der Waals surface area contributed by atoms with Gasteiger partial charge in [0.2, 0.25) is 10.0 Å². The number of hydrogen-bond acceptors (Lipinski definition) is 6. The lowest BCUT2D eigenvalue weighted by atomic mass is 10.1. The van der Waals surface area contributed by atoms with Crippen molar-refractivity contribution < 1.29 is 23.1 Å². The first-order valence-electron chi connectivity index (χ1n) is 9.74. The van der Waals surface area contributed by atoms with E-state index >= 15 is 0 Å². The molecule has 1 amide bonds. The first-order chi connectivity index (χ1) is 15.4. The van der Waals surface area contributed by atoms with Crippen LogP contribution in [0.25, 0.3) is 0 Å². The Morgan fingerprint density at radius 2 is 1.78 bits per heavy atom. The summed E-state index contributed by atoms with van der Waals surface area (Å²) in [6.45, 7) is 1.78. The number of carbonyl (C=O) groups is 2. The third-order valence-electron chi connectivity index (χ3n) is 4.09. The van der Waals surface area contributed by atoms with Gasteiger partial charge in [-0.25, -0.2) is 4.21 Å². The Hall–Kier alpha value is -3.96. The number of pyridine rings is 1. The molecule has 8 heteroatoms. The maximum Gasteiger partial charge on any atom is 0.320 e. The fourth-order valence-corrected chi connectivity index (χ4v) is 4.00. The Morgan fingerprint density at radius 3 is 2.50 bits per heavy atom. The Morgan fingerprint density at radius 1 is 1.03 bits per heavy atom. The van der Waals surface area contributed by atoms with Crippen LogP contribution in [0.3, 0.4) is 0 Å². The van der Waals surface area contributed by atoms with Gasteiger partial charge in [0.1, 0.15) is 5.75 Å². The van der Waals surface area contributed by atoms with E-state index in [2.05, 4.69) is 21.2 Å². The first kappa shape index (κ1) is 22.7. The smallest absolute Gasteiger partial charge is 0.320 e. The molecule has 0 unspecified atom stereocenters. The Kier molecular flexibility index (Phi) is 7.37. The summed E-state index contributed by atoms with van der Waals surface area (Å²) in [5.74, 6) is 4.25. The zero-order valence-electron chi connectivity index (χ0n) is 17.2. The number of amides is 1. The molecule has 1 heterocycles. The van der Waals surface area contributed by atoms with Crippen LogP contribution in [0.15, 0.2) is 82.3 Å². The Balaban J connectivity index is 1.95. The molecule has 0 saturated heterocycles. The molecule has 1 N–H and O–H groups in total. The van der Waals surface area contributed by atoms with Crippen LogP contribution in [-0.4, -0.2) is 26.2 Å². The number of nitrogens with zero attached hydrogens (tertiary/aromatic N) is 2. The van der Waals surface area contributed by atoms with Crippen LogP contribution in [0.4, 0.5) is 0 Å². The number of rotatable bonds is 5. The van der Waals surface area contributed by atoms with E-state index < -0.39 is 21.9 Å². The highest BCUT2D eigenvalue weighted by Crippen LogP contribution is 2.18. The summed E-state index contributed by atoms with van der Waals surface area (Å²) in [7, 11) is -3.78. The second-order valence-electron chi connectivity index (χ2n) is 6.65. The second kappa shape index (κ2) is 10.4. The van der Waals surface area contributed by atoms with E-state index in [0.29, 0.717) is 17.5 Å². The van der Waals surface area contributed by atoms with Crippen LogP contribution in [0.1, 0.15) is 41.3 Å². The molecule has 3 aromatic rings. The number of benzene rings is 2. The van der Waals surface area contributed by atoms with Gasteiger partial charge in [0.05, 0.1) is 10.5 Å². The Labute approximate surface area is 186 Å². The number of aromatic hydroxyl groups is 1. The fraction of sp³-hybridized carbons (Fsp3) is 0.125. The number of hydrogen-bond donors (Lipinski definition) is 1. The lowest BCUT2D eigenvalue weighted by Crippen LogP contribution is -2.15. The lowest BCUT2D eigenvalue weighted by molar-refractivity contribution is -0.133. The van der Waals surface area contributed by atoms with Crippen LogP contribution < -0.4 is 0 Å². The van der Waals surface area contributed by atoms with Gasteiger partial charge in [-0.1, -0.05) is 43.0 Å². The van der Waals surface area contributed by atoms with Crippen molar-refractivity contribution >= 4 is 21.9 Å². The van der Waals surface area contributed by atoms with Gasteiger partial charge in [0.25, 0.3) is 5.91 Å². The van der Waals surface area contributed by atoms with E-state index in [9.17, 15) is 18.9 Å². The molecule has 0 aliphatic heterocycles. The van der Waals surface area contributed by atoms with Crippen LogP contribution in [-0.2, 0) is 19.0 Å². The van der Waals surface area contributed by atoms with Crippen molar-refractivity contribution in [2.75, 3.05) is 0 Å². The summed E-state index contributed by atoms with van der Waals surface area (Å²) in [6.07, 6.45) is 3.28. The highest BCUT2D eigenvalue weighted by atomic mass is 32.2. The monoisotopic (exact) mass is 448 g/mol. The zero-order chi connectivity index (χ0) is 23.0. The van der Waals surface area contributed by atoms with Gasteiger partial charge in [0, 0.05) is 29.9 Å². The molecule has 162 valence electrons. The fourth-order valence-electron chi connectivity index (χ4n) is 2.60. The molecular weight excluding hydrogens is 428 g/mol. The highest BCUT2D eigenvalue weighted by Gasteiger charge is 2.21. The van der Waals surface area contributed by atoms with Crippen molar-refractivity contribution in [1.82, 2.24) is 4.98 Å². The average molecular weight is 449 g/mol. The minimum absolute atomic E-state index is 0.0444. The van der Waals surface area contributed by atoms with Gasteiger partial charge in [-0.05, 0) is 42.8 Å². The molecule has 2 aromatic carbocycles. The Bertz CT molecular complexity index is 1320. The van der Waals surface area contributed by atoms with E-state index in [1.165, 1.54) is 42.7 Å². The van der Waals surface area contributed by atoms with Crippen LogP contribution in [0.5, 0.6) is 5.75 Å². The molecule has 7 nitrogen and oxygen atoms in total. The molecule has 1 aromatic heterocycles. The predicted octanol–water partition coefficient (Wildman–Crippen LogP) is 4.11. The van der Waals surface area contributed by atoms with E-state index in [0.717, 1.165) is 0 Å². The molecule has 0 bridgehead atoms. The lowest BCUT2D eigenvalue weighted by Gasteiger charge is -2.10. The van der Waals surface area contributed by atoms with Gasteiger partial charge in [-0.15, -0.1) is 4.36 Å². The summed E-state index contributed by atoms with van der Waals surface area (Å²) in [4.78, 5) is 28.9. The van der Waals surface area contributed by atoms with Crippen LogP contribution >= 0.6 is 0 Å². The number of carbonyl (C=O) groups excluding carboxylic acids is 2. The van der Waals surface area contributed by atoms with Gasteiger partial charge < -0.3 is 9.29 Å². The van der Waals surface area contributed by atoms with Crippen LogP contribution in [0, 0.1) is 11.8 Å². The van der Waals surface area contributed by atoms with E-state index in [1.807, 2.05) is 0 Å². The quantitative estimate of drug-likeness (QED) is 0.589. The third-order valence-corrected chi connectivity index (χ3v) is 5.77. The van der Waals surface area contributed by atoms with Crippen molar-refractivity contribution in [3.8, 4) is 17.6 Å². The van der Waals surface area contributed by atoms with Crippen molar-refractivity contribution in [3.05, 3.63) is 89.7 Å². The standard InChI is InChI=1S/C24H20N2O5S/c1-2-7-23(28)31-32(30,22-10-4-3-5-11-22)26-24(29)20-14-19(16-25-17-20)13-12-18-8-6-9-21(27)15-18/h3-6,8-11,14-17,27H,2,7H2,1H3/t32-/m0/s1. The van der Waals surface area contributed by atoms with E-state index in [-0.39, 0.29) is 22.6 Å². The number of phenolic OH excluding ortho intramolecular Hbond substituents is 1.